The number of nitrogens with one attached hydrogen (secondary N) is 2. The highest BCUT2D eigenvalue weighted by Gasteiger charge is 2.39. The van der Waals surface area contributed by atoms with Gasteiger partial charge in [0.1, 0.15) is 5.82 Å². The minimum absolute atomic E-state index is 0.00263. The molecule has 0 spiro atoms. The maximum absolute atomic E-state index is 13.4. The molecule has 0 bridgehead atoms. The number of carbonyl (C=O) groups is 2. The molecule has 3 amide bonds. The van der Waals surface area contributed by atoms with Gasteiger partial charge >= 0.3 is 12.1 Å². The number of piperidine rings is 1. The lowest BCUT2D eigenvalue weighted by molar-refractivity contribution is 0.0820. The van der Waals surface area contributed by atoms with Crippen LogP contribution in [0.25, 0.3) is 10.9 Å². The third kappa shape index (κ3) is 3.90. The van der Waals surface area contributed by atoms with Crippen LogP contribution in [-0.2, 0) is 11.3 Å². The zero-order chi connectivity index (χ0) is 19.7. The number of amides is 3. The predicted molar refractivity (Wildman–Crippen MR) is 102 cm³/mol. The van der Waals surface area contributed by atoms with E-state index in [0.717, 1.165) is 42.3 Å². The standard InChI is InChI=1S/C20H25FN4O3/c1-28-20(27)24-8-2-3-17(12-24)25(16-5-6-16)19(26)22-11-15-10-13-9-14(21)4-7-18(13)23-15/h4,7,9-10,16-17,23H,2-3,5-6,8,11-12H2,1H3,(H,22,26)/t17-/m1/s1. The van der Waals surface area contributed by atoms with E-state index in [1.54, 1.807) is 11.0 Å². The molecule has 8 heteroatoms. The largest absolute Gasteiger partial charge is 0.453 e. The molecule has 150 valence electrons. The van der Waals surface area contributed by atoms with Crippen molar-refractivity contribution >= 4 is 23.0 Å². The van der Waals surface area contributed by atoms with Crippen LogP contribution >= 0.6 is 0 Å². The smallest absolute Gasteiger partial charge is 0.409 e. The molecule has 1 atom stereocenters. The predicted octanol–water partition coefficient (Wildman–Crippen LogP) is 3.21. The number of methoxy groups -OCH3 is 1. The first kappa shape index (κ1) is 18.6. The highest BCUT2D eigenvalue weighted by Crippen LogP contribution is 2.31. The van der Waals surface area contributed by atoms with Gasteiger partial charge in [0.15, 0.2) is 0 Å². The van der Waals surface area contributed by atoms with Crippen LogP contribution < -0.4 is 5.32 Å². The summed E-state index contributed by atoms with van der Waals surface area (Å²) in [6.45, 7) is 1.50. The Bertz CT molecular complexity index is 879. The van der Waals surface area contributed by atoms with Crippen LogP contribution in [-0.4, -0.2) is 59.2 Å². The Morgan fingerprint density at radius 3 is 2.86 bits per heavy atom. The highest BCUT2D eigenvalue weighted by atomic mass is 19.1. The third-order valence-electron chi connectivity index (χ3n) is 5.47. The number of ether oxygens (including phenoxy) is 1. The summed E-state index contributed by atoms with van der Waals surface area (Å²) in [5.74, 6) is -0.283. The summed E-state index contributed by atoms with van der Waals surface area (Å²) in [4.78, 5) is 31.6. The Balaban J connectivity index is 1.41. The molecule has 2 fully saturated rings. The number of hydrogen-bond donors (Lipinski definition) is 2. The molecule has 1 saturated carbocycles. The minimum Gasteiger partial charge on any atom is -0.453 e. The second-order valence-corrected chi connectivity index (χ2v) is 7.54. The number of fused-ring (bicyclic) bond motifs is 1. The Morgan fingerprint density at radius 1 is 1.29 bits per heavy atom. The van der Waals surface area contributed by atoms with Crippen molar-refractivity contribution in [2.24, 2.45) is 0 Å². The minimum atomic E-state index is -0.342. The van der Waals surface area contributed by atoms with Crippen molar-refractivity contribution in [2.45, 2.75) is 44.3 Å². The molecule has 1 aromatic heterocycles. The molecule has 7 nitrogen and oxygen atoms in total. The summed E-state index contributed by atoms with van der Waals surface area (Å²) in [5, 5.41) is 3.76. The van der Waals surface area contributed by atoms with Gasteiger partial charge in [0.05, 0.1) is 19.7 Å². The fourth-order valence-corrected chi connectivity index (χ4v) is 3.98. The molecule has 2 heterocycles. The number of nitrogens with zero attached hydrogens (tertiary/aromatic N) is 2. The van der Waals surface area contributed by atoms with Crippen molar-refractivity contribution in [2.75, 3.05) is 20.2 Å². The second-order valence-electron chi connectivity index (χ2n) is 7.54. The van der Waals surface area contributed by atoms with E-state index >= 15 is 0 Å². The van der Waals surface area contributed by atoms with E-state index in [9.17, 15) is 14.0 Å². The summed E-state index contributed by atoms with van der Waals surface area (Å²) in [5.41, 5.74) is 1.66. The average Bonchev–Trinajstić information content (AvgIpc) is 3.44. The summed E-state index contributed by atoms with van der Waals surface area (Å²) in [6.07, 6.45) is 3.38. The molecule has 1 aromatic carbocycles. The van der Waals surface area contributed by atoms with Crippen LogP contribution in [0, 0.1) is 5.82 Å². The van der Waals surface area contributed by atoms with Gasteiger partial charge in [-0.25, -0.2) is 14.0 Å². The number of rotatable bonds is 4. The molecule has 0 unspecified atom stereocenters. The van der Waals surface area contributed by atoms with E-state index in [-0.39, 0.29) is 30.0 Å². The van der Waals surface area contributed by atoms with Crippen molar-refractivity contribution in [3.8, 4) is 0 Å². The van der Waals surface area contributed by atoms with Gasteiger partial charge in [-0.3, -0.25) is 0 Å². The first-order chi connectivity index (χ1) is 13.5. The summed E-state index contributed by atoms with van der Waals surface area (Å²) in [7, 11) is 1.38. The Kier molecular flexibility index (Phi) is 5.11. The van der Waals surface area contributed by atoms with E-state index in [2.05, 4.69) is 10.3 Å². The number of urea groups is 1. The topological polar surface area (TPSA) is 77.7 Å². The Morgan fingerprint density at radius 2 is 2.11 bits per heavy atom. The van der Waals surface area contributed by atoms with Gasteiger partial charge in [0, 0.05) is 35.7 Å². The van der Waals surface area contributed by atoms with Gasteiger partial charge < -0.3 is 24.8 Å². The lowest BCUT2D eigenvalue weighted by Gasteiger charge is -2.38. The van der Waals surface area contributed by atoms with E-state index in [0.29, 0.717) is 19.6 Å². The number of halogens is 1. The van der Waals surface area contributed by atoms with Gasteiger partial charge in [0.25, 0.3) is 0 Å². The number of carbonyl (C=O) groups excluding carboxylic acids is 2. The number of likely N-dealkylation sites (tertiary alicyclic amines) is 1. The van der Waals surface area contributed by atoms with Gasteiger partial charge in [0.2, 0.25) is 0 Å². The van der Waals surface area contributed by atoms with E-state index < -0.39 is 0 Å². The van der Waals surface area contributed by atoms with Crippen molar-refractivity contribution < 1.29 is 18.7 Å². The van der Waals surface area contributed by atoms with Crippen LogP contribution in [0.15, 0.2) is 24.3 Å². The van der Waals surface area contributed by atoms with Crippen LogP contribution in [0.2, 0.25) is 0 Å². The Hall–Kier alpha value is -2.77. The molecule has 4 rings (SSSR count). The number of aromatic amines is 1. The van der Waals surface area contributed by atoms with E-state index in [1.807, 2.05) is 11.0 Å². The van der Waals surface area contributed by atoms with Crippen LogP contribution in [0.1, 0.15) is 31.4 Å². The quantitative estimate of drug-likeness (QED) is 0.844. The van der Waals surface area contributed by atoms with Crippen LogP contribution in [0.4, 0.5) is 14.0 Å². The van der Waals surface area contributed by atoms with Crippen molar-refractivity contribution in [1.82, 2.24) is 20.1 Å². The molecule has 2 aromatic rings. The SMILES string of the molecule is COC(=O)N1CCC[C@@H](N(C(=O)NCc2cc3cc(F)ccc3[nH]2)C2CC2)C1. The van der Waals surface area contributed by atoms with E-state index in [1.165, 1.54) is 19.2 Å². The van der Waals surface area contributed by atoms with Crippen LogP contribution in [0.3, 0.4) is 0 Å². The number of hydrogen-bond acceptors (Lipinski definition) is 3. The molecule has 1 aliphatic heterocycles. The van der Waals surface area contributed by atoms with Crippen molar-refractivity contribution in [3.05, 3.63) is 35.8 Å². The lowest BCUT2D eigenvalue weighted by atomic mass is 10.0. The van der Waals surface area contributed by atoms with Gasteiger partial charge in [-0.2, -0.15) is 0 Å². The van der Waals surface area contributed by atoms with Gasteiger partial charge in [-0.1, -0.05) is 0 Å². The van der Waals surface area contributed by atoms with Gasteiger partial charge in [-0.05, 0) is 49.9 Å². The monoisotopic (exact) mass is 388 g/mol. The average molecular weight is 388 g/mol. The lowest BCUT2D eigenvalue weighted by Crippen LogP contribution is -2.54. The number of benzene rings is 1. The fourth-order valence-electron chi connectivity index (χ4n) is 3.98. The number of H-pyrrole nitrogens is 1. The van der Waals surface area contributed by atoms with E-state index in [4.69, 9.17) is 4.74 Å². The Labute approximate surface area is 162 Å². The second kappa shape index (κ2) is 7.69. The van der Waals surface area contributed by atoms with Crippen LogP contribution in [0.5, 0.6) is 0 Å². The zero-order valence-electron chi connectivity index (χ0n) is 15.9. The molecule has 1 aliphatic carbocycles. The molecular formula is C20H25FN4O3. The fraction of sp³-hybridized carbons (Fsp3) is 0.500. The maximum atomic E-state index is 13.4. The third-order valence-corrected chi connectivity index (χ3v) is 5.47. The summed E-state index contributed by atoms with van der Waals surface area (Å²) >= 11 is 0. The molecular weight excluding hydrogens is 363 g/mol. The maximum Gasteiger partial charge on any atom is 0.409 e. The molecule has 1 saturated heterocycles. The molecule has 0 radical (unpaired) electrons. The first-order valence-electron chi connectivity index (χ1n) is 9.71. The molecule has 2 N–H and O–H groups in total. The zero-order valence-corrected chi connectivity index (χ0v) is 15.9. The molecule has 28 heavy (non-hydrogen) atoms. The highest BCUT2D eigenvalue weighted by molar-refractivity contribution is 5.81. The summed E-state index contributed by atoms with van der Waals surface area (Å²) in [6, 6.07) is 6.53. The normalized spacial score (nSPS) is 19.5. The van der Waals surface area contributed by atoms with Crippen molar-refractivity contribution in [3.63, 3.8) is 0 Å². The first-order valence-corrected chi connectivity index (χ1v) is 9.71. The van der Waals surface area contributed by atoms with Gasteiger partial charge in [-0.15, -0.1) is 0 Å². The number of aromatic nitrogens is 1. The summed E-state index contributed by atoms with van der Waals surface area (Å²) < 4.78 is 18.2. The molecule has 2 aliphatic rings. The van der Waals surface area contributed by atoms with Crippen molar-refractivity contribution in [1.29, 1.82) is 0 Å².